The number of carbonyl (C=O) groups is 2. The van der Waals surface area contributed by atoms with Crippen LogP contribution in [0.5, 0.6) is 0 Å². The molecule has 9 atom stereocenters. The van der Waals surface area contributed by atoms with Gasteiger partial charge in [0.05, 0.1) is 17.1 Å². The van der Waals surface area contributed by atoms with Crippen LogP contribution in [-0.4, -0.2) is 41.8 Å². The van der Waals surface area contributed by atoms with Crippen LogP contribution >= 0.6 is 0 Å². The van der Waals surface area contributed by atoms with Crippen LogP contribution < -0.4 is 0 Å². The summed E-state index contributed by atoms with van der Waals surface area (Å²) in [7, 11) is 1.72. The molecule has 0 spiro atoms. The minimum absolute atomic E-state index is 0.0592. The average Bonchev–Trinajstić information content (AvgIpc) is 3.28. The van der Waals surface area contributed by atoms with Crippen molar-refractivity contribution >= 4 is 11.8 Å². The van der Waals surface area contributed by atoms with Gasteiger partial charge in [-0.05, 0) is 87.9 Å². The largest absolute Gasteiger partial charge is 0.455 e. The lowest BCUT2D eigenvalue weighted by Gasteiger charge is -2.44. The molecule has 0 saturated heterocycles. The first-order valence-electron chi connectivity index (χ1n) is 13.7. The zero-order chi connectivity index (χ0) is 25.8. The van der Waals surface area contributed by atoms with Gasteiger partial charge < -0.3 is 14.6 Å². The Morgan fingerprint density at radius 2 is 1.94 bits per heavy atom. The molecule has 0 aromatic rings. The number of allylic oxidation sites excluding steroid dienone is 2. The van der Waals surface area contributed by atoms with Crippen LogP contribution in [0.4, 0.5) is 0 Å². The summed E-state index contributed by atoms with van der Waals surface area (Å²) in [4.78, 5) is 24.7. The topological polar surface area (TPSA) is 72.8 Å². The minimum atomic E-state index is -0.708. The first-order valence-corrected chi connectivity index (χ1v) is 13.7. The van der Waals surface area contributed by atoms with Gasteiger partial charge in [-0.3, -0.25) is 9.59 Å². The van der Waals surface area contributed by atoms with Gasteiger partial charge in [-0.25, -0.2) is 0 Å². The third-order valence-corrected chi connectivity index (χ3v) is 10.3. The Bertz CT molecular complexity index is 897. The van der Waals surface area contributed by atoms with Gasteiger partial charge in [0.2, 0.25) is 0 Å². The summed E-state index contributed by atoms with van der Waals surface area (Å²) in [5.74, 6) is 1.64. The number of ketones is 1. The predicted molar refractivity (Wildman–Crippen MR) is 137 cm³/mol. The van der Waals surface area contributed by atoms with Crippen molar-refractivity contribution in [2.24, 2.45) is 40.4 Å². The number of esters is 1. The molecule has 0 aromatic carbocycles. The summed E-state index contributed by atoms with van der Waals surface area (Å²) in [6, 6.07) is 0. The van der Waals surface area contributed by atoms with Crippen LogP contribution in [0.2, 0.25) is 0 Å². The standard InChI is InChI=1S/C30H46O5/c1-18(10-11-19(2)28(4,5)33)23-12-13-24-21(9-8-14-29(23,24)6)15-26(34-7)30-17-22(30)16-25(27(30)32)35-20(3)31/h10-11,15,18-19,22-26,33H,8-9,12-14,16-17H2,1-7H3/b11-10+,21-15+/t18-,19+,22?,23?,24+,25+,26?,29-,30?/m1/s1. The highest BCUT2D eigenvalue weighted by Gasteiger charge is 2.71. The molecule has 4 unspecified atom stereocenters. The van der Waals surface area contributed by atoms with Gasteiger partial charge >= 0.3 is 5.97 Å². The molecule has 4 aliphatic rings. The Balaban J connectivity index is 1.52. The summed E-state index contributed by atoms with van der Waals surface area (Å²) >= 11 is 0. The fourth-order valence-corrected chi connectivity index (χ4v) is 7.88. The van der Waals surface area contributed by atoms with Gasteiger partial charge in [-0.15, -0.1) is 0 Å². The zero-order valence-corrected chi connectivity index (χ0v) is 22.8. The van der Waals surface area contributed by atoms with E-state index in [1.54, 1.807) is 7.11 Å². The fourth-order valence-electron chi connectivity index (χ4n) is 7.88. The quantitative estimate of drug-likeness (QED) is 0.354. The summed E-state index contributed by atoms with van der Waals surface area (Å²) in [6.07, 6.45) is 13.3. The number of methoxy groups -OCH3 is 1. The molecule has 5 nitrogen and oxygen atoms in total. The first kappa shape index (κ1) is 26.6. The molecule has 1 N–H and O–H groups in total. The van der Waals surface area contributed by atoms with E-state index in [4.69, 9.17) is 9.47 Å². The Morgan fingerprint density at radius 3 is 2.57 bits per heavy atom. The number of aliphatic hydroxyl groups is 1. The molecule has 5 heteroatoms. The smallest absolute Gasteiger partial charge is 0.303 e. The summed E-state index contributed by atoms with van der Waals surface area (Å²) in [5.41, 5.74) is 0.500. The summed E-state index contributed by atoms with van der Waals surface area (Å²) in [6.45, 7) is 12.0. The SMILES string of the molecule is COC(/C=C1\CCC[C@]2(C)C([C@H](C)/C=C/[C@H](C)C(C)(C)O)CC[C@@H]12)C12CC1C[C@H](OC(C)=O)C2=O. The maximum absolute atomic E-state index is 13.3. The van der Waals surface area contributed by atoms with E-state index in [2.05, 4.69) is 39.0 Å². The van der Waals surface area contributed by atoms with Crippen LogP contribution in [-0.2, 0) is 19.1 Å². The van der Waals surface area contributed by atoms with Gasteiger partial charge in [0.25, 0.3) is 0 Å². The Morgan fingerprint density at radius 1 is 1.23 bits per heavy atom. The second-order valence-electron chi connectivity index (χ2n) is 12.8. The van der Waals surface area contributed by atoms with E-state index in [1.165, 1.54) is 38.2 Å². The number of hydrogen-bond donors (Lipinski definition) is 1. The molecular formula is C30H46O5. The van der Waals surface area contributed by atoms with Crippen LogP contribution in [0.15, 0.2) is 23.8 Å². The summed E-state index contributed by atoms with van der Waals surface area (Å²) in [5, 5.41) is 10.3. The maximum atomic E-state index is 13.3. The summed E-state index contributed by atoms with van der Waals surface area (Å²) < 4.78 is 11.3. The van der Waals surface area contributed by atoms with Crippen molar-refractivity contribution in [2.75, 3.05) is 7.11 Å². The van der Waals surface area contributed by atoms with Gasteiger partial charge in [-0.2, -0.15) is 0 Å². The normalized spacial score (nSPS) is 40.5. The van der Waals surface area contributed by atoms with E-state index in [0.29, 0.717) is 24.2 Å². The number of ether oxygens (including phenoxy) is 2. The second-order valence-corrected chi connectivity index (χ2v) is 12.8. The number of fused-ring (bicyclic) bond motifs is 2. The highest BCUT2D eigenvalue weighted by atomic mass is 16.5. The number of Topliss-reactive ketones (excluding diaryl/α,β-unsaturated/α-hetero) is 1. The van der Waals surface area contributed by atoms with Crippen LogP contribution in [0.25, 0.3) is 0 Å². The lowest BCUT2D eigenvalue weighted by Crippen LogP contribution is -2.38. The van der Waals surface area contributed by atoms with E-state index in [0.717, 1.165) is 12.8 Å². The molecule has 0 heterocycles. The zero-order valence-electron chi connectivity index (χ0n) is 22.8. The van der Waals surface area contributed by atoms with Crippen LogP contribution in [0.1, 0.15) is 86.5 Å². The lowest BCUT2D eigenvalue weighted by molar-refractivity contribution is -0.154. The van der Waals surface area contributed by atoms with E-state index in [9.17, 15) is 14.7 Å². The van der Waals surface area contributed by atoms with E-state index >= 15 is 0 Å². The first-order chi connectivity index (χ1) is 16.3. The van der Waals surface area contributed by atoms with Gasteiger partial charge in [-0.1, -0.05) is 44.6 Å². The number of hydrogen-bond acceptors (Lipinski definition) is 5. The van der Waals surface area contributed by atoms with Crippen LogP contribution in [0.3, 0.4) is 0 Å². The average molecular weight is 487 g/mol. The predicted octanol–water partition coefficient (Wildman–Crippen LogP) is 5.65. The van der Waals surface area contributed by atoms with E-state index in [1.807, 2.05) is 13.8 Å². The Kier molecular flexibility index (Phi) is 7.18. The monoisotopic (exact) mass is 486 g/mol. The Labute approximate surface area is 211 Å². The molecule has 0 amide bonds. The molecular weight excluding hydrogens is 440 g/mol. The Hall–Kier alpha value is -1.46. The van der Waals surface area contributed by atoms with Crippen molar-refractivity contribution in [1.82, 2.24) is 0 Å². The minimum Gasteiger partial charge on any atom is -0.455 e. The highest BCUT2D eigenvalue weighted by molar-refractivity contribution is 5.96. The number of rotatable bonds is 8. The number of carbonyl (C=O) groups excluding carboxylic acids is 2. The fraction of sp³-hybridized carbons (Fsp3) is 0.800. The van der Waals surface area contributed by atoms with E-state index in [-0.39, 0.29) is 35.1 Å². The van der Waals surface area contributed by atoms with Crippen molar-refractivity contribution in [3.8, 4) is 0 Å². The van der Waals surface area contributed by atoms with Crippen molar-refractivity contribution < 1.29 is 24.2 Å². The maximum Gasteiger partial charge on any atom is 0.303 e. The van der Waals surface area contributed by atoms with Gasteiger partial charge in [0, 0.05) is 20.0 Å². The molecule has 0 bridgehead atoms. The highest BCUT2D eigenvalue weighted by Crippen LogP contribution is 2.66. The van der Waals surface area contributed by atoms with Crippen molar-refractivity contribution in [2.45, 2.75) is 104 Å². The molecule has 4 saturated carbocycles. The van der Waals surface area contributed by atoms with Crippen molar-refractivity contribution in [3.05, 3.63) is 23.8 Å². The molecule has 4 fully saturated rings. The molecule has 35 heavy (non-hydrogen) atoms. The van der Waals surface area contributed by atoms with Gasteiger partial charge in [0.15, 0.2) is 11.9 Å². The molecule has 0 aliphatic heterocycles. The second kappa shape index (κ2) is 9.45. The van der Waals surface area contributed by atoms with Crippen LogP contribution in [0, 0.1) is 40.4 Å². The van der Waals surface area contributed by atoms with Gasteiger partial charge in [0.1, 0.15) is 0 Å². The third-order valence-electron chi connectivity index (χ3n) is 10.3. The molecule has 0 radical (unpaired) electrons. The molecule has 4 rings (SSSR count). The third kappa shape index (κ3) is 4.68. The van der Waals surface area contributed by atoms with Crippen molar-refractivity contribution in [1.29, 1.82) is 0 Å². The van der Waals surface area contributed by atoms with Crippen molar-refractivity contribution in [3.63, 3.8) is 0 Å². The molecule has 0 aromatic heterocycles. The molecule has 4 aliphatic carbocycles. The lowest BCUT2D eigenvalue weighted by atomic mass is 9.61. The molecule has 196 valence electrons. The van der Waals surface area contributed by atoms with E-state index < -0.39 is 17.1 Å².